The maximum absolute atomic E-state index is 4.98. The largest absolute Gasteiger partial charge is 0.374 e. The molecule has 0 N–H and O–H groups in total. The molecule has 3 heteroatoms. The third kappa shape index (κ3) is 2.88. The van der Waals surface area contributed by atoms with Gasteiger partial charge in [0.2, 0.25) is 0 Å². The zero-order chi connectivity index (χ0) is 6.53. The van der Waals surface area contributed by atoms with Gasteiger partial charge in [-0.1, -0.05) is 0 Å². The zero-order valence-electron chi connectivity index (χ0n) is 5.80. The van der Waals surface area contributed by atoms with Gasteiger partial charge >= 0.3 is 0 Å². The molecule has 1 rings (SSSR count). The first kappa shape index (κ1) is 7.84. The third-order valence-electron chi connectivity index (χ3n) is 1.42. The Balaban J connectivity index is 1.98. The van der Waals surface area contributed by atoms with Crippen molar-refractivity contribution in [3.63, 3.8) is 0 Å². The summed E-state index contributed by atoms with van der Waals surface area (Å²) in [6, 6.07) is 0. The van der Waals surface area contributed by atoms with Crippen LogP contribution < -0.4 is 0 Å². The van der Waals surface area contributed by atoms with Crippen LogP contribution in [0.3, 0.4) is 0 Å². The molecule has 0 bridgehead atoms. The zero-order valence-corrected chi connectivity index (χ0v) is 7.51. The van der Waals surface area contributed by atoms with E-state index in [-0.39, 0.29) is 0 Å². The van der Waals surface area contributed by atoms with E-state index in [1.54, 1.807) is 7.11 Å². The maximum Gasteiger partial charge on any atom is 0.0957 e. The number of hydrogen-bond donors (Lipinski definition) is 0. The van der Waals surface area contributed by atoms with Crippen molar-refractivity contribution in [2.45, 2.75) is 12.8 Å². The Morgan fingerprint density at radius 2 is 2.11 bits per heavy atom. The van der Waals surface area contributed by atoms with Crippen molar-refractivity contribution in [3.8, 4) is 0 Å². The first-order chi connectivity index (χ1) is 4.43. The summed E-state index contributed by atoms with van der Waals surface area (Å²) in [4.78, 5) is 0. The second-order valence-electron chi connectivity index (χ2n) is 2.17. The van der Waals surface area contributed by atoms with E-state index in [4.69, 9.17) is 4.74 Å². The second-order valence-corrected chi connectivity index (χ2v) is 6.85. The van der Waals surface area contributed by atoms with Crippen LogP contribution in [0.1, 0.15) is 12.8 Å². The highest BCUT2D eigenvalue weighted by Gasteiger charge is 2.13. The Hall–Kier alpha value is 0.740. The molecule has 1 aliphatic heterocycles. The van der Waals surface area contributed by atoms with Crippen molar-refractivity contribution >= 4 is 18.5 Å². The van der Waals surface area contributed by atoms with Crippen LogP contribution in [0.25, 0.3) is 0 Å². The van der Waals surface area contributed by atoms with E-state index in [1.807, 2.05) is 11.4 Å². The van der Waals surface area contributed by atoms with E-state index in [0.717, 1.165) is 5.94 Å². The average Bonchev–Trinajstić information content (AvgIpc) is 2.34. The van der Waals surface area contributed by atoms with Crippen LogP contribution in [0.2, 0.25) is 0 Å². The third-order valence-corrected chi connectivity index (χ3v) is 6.26. The van der Waals surface area contributed by atoms with Gasteiger partial charge in [-0.3, -0.25) is 0 Å². The van der Waals surface area contributed by atoms with E-state index in [2.05, 4.69) is 0 Å². The molecule has 1 aliphatic rings. The topological polar surface area (TPSA) is 9.23 Å². The predicted molar refractivity (Wildman–Crippen MR) is 45.4 cm³/mol. The standard InChI is InChI=1S/C6H13OPS/c1-7-6-9-8-4-2-3-5-8/h2-6H2,1H3. The average molecular weight is 164 g/mol. The van der Waals surface area contributed by atoms with E-state index < -0.39 is 0 Å². The maximum atomic E-state index is 4.98. The molecule has 9 heavy (non-hydrogen) atoms. The van der Waals surface area contributed by atoms with E-state index in [0.29, 0.717) is 7.12 Å². The summed E-state index contributed by atoms with van der Waals surface area (Å²) < 4.78 is 4.98. The second kappa shape index (κ2) is 4.54. The van der Waals surface area contributed by atoms with Crippen LogP contribution in [0.15, 0.2) is 0 Å². The van der Waals surface area contributed by atoms with Gasteiger partial charge in [0.1, 0.15) is 0 Å². The molecule has 0 aromatic heterocycles. The molecule has 0 amide bonds. The Morgan fingerprint density at radius 3 is 2.67 bits per heavy atom. The van der Waals surface area contributed by atoms with E-state index in [9.17, 15) is 0 Å². The lowest BCUT2D eigenvalue weighted by atomic mass is 10.4. The molecule has 1 saturated heterocycles. The lowest BCUT2D eigenvalue weighted by Crippen LogP contribution is -1.79. The van der Waals surface area contributed by atoms with Crippen molar-refractivity contribution in [3.05, 3.63) is 0 Å². The molecule has 0 aromatic rings. The molecular formula is C6H13OPS. The first-order valence-corrected chi connectivity index (χ1v) is 6.60. The number of rotatable bonds is 3. The summed E-state index contributed by atoms with van der Waals surface area (Å²) in [7, 11) is 2.12. The van der Waals surface area contributed by atoms with E-state index >= 15 is 0 Å². The quantitative estimate of drug-likeness (QED) is 0.468. The molecule has 1 heterocycles. The molecule has 0 saturated carbocycles. The van der Waals surface area contributed by atoms with Gasteiger partial charge in [0.05, 0.1) is 5.94 Å². The highest BCUT2D eigenvalue weighted by Crippen LogP contribution is 2.54. The minimum absolute atomic E-state index is 0.341. The van der Waals surface area contributed by atoms with Crippen LogP contribution >= 0.6 is 18.5 Å². The molecule has 0 radical (unpaired) electrons. The molecular weight excluding hydrogens is 151 g/mol. The van der Waals surface area contributed by atoms with Crippen molar-refractivity contribution in [2.75, 3.05) is 25.4 Å². The molecule has 0 aliphatic carbocycles. The molecule has 0 spiro atoms. The van der Waals surface area contributed by atoms with Gasteiger partial charge in [0.25, 0.3) is 0 Å². The number of methoxy groups -OCH3 is 1. The van der Waals surface area contributed by atoms with E-state index in [1.165, 1.54) is 25.2 Å². The van der Waals surface area contributed by atoms with Crippen molar-refractivity contribution in [1.82, 2.24) is 0 Å². The normalized spacial score (nSPS) is 21.0. The predicted octanol–water partition coefficient (Wildman–Crippen LogP) is 2.51. The van der Waals surface area contributed by atoms with Crippen LogP contribution in [0.5, 0.6) is 0 Å². The Bertz CT molecular complexity index is 73.5. The summed E-state index contributed by atoms with van der Waals surface area (Å²) >= 11 is 2.03. The summed E-state index contributed by atoms with van der Waals surface area (Å²) in [5, 5.41) is 0. The first-order valence-electron chi connectivity index (χ1n) is 3.30. The lowest BCUT2D eigenvalue weighted by molar-refractivity contribution is 0.260. The Morgan fingerprint density at radius 1 is 1.44 bits per heavy atom. The van der Waals surface area contributed by atoms with Gasteiger partial charge in [-0.2, -0.15) is 0 Å². The minimum Gasteiger partial charge on any atom is -0.374 e. The number of ether oxygens (including phenoxy) is 1. The molecule has 1 fully saturated rings. The van der Waals surface area contributed by atoms with Gasteiger partial charge in [-0.15, -0.1) is 11.4 Å². The molecule has 54 valence electrons. The summed E-state index contributed by atoms with van der Waals surface area (Å²) in [5.41, 5.74) is 0. The van der Waals surface area contributed by atoms with Gasteiger partial charge < -0.3 is 4.74 Å². The van der Waals surface area contributed by atoms with Crippen molar-refractivity contribution in [2.24, 2.45) is 0 Å². The highest BCUT2D eigenvalue weighted by atomic mass is 32.7. The fourth-order valence-electron chi connectivity index (χ4n) is 0.944. The summed E-state index contributed by atoms with van der Waals surface area (Å²) in [6.45, 7) is 0. The highest BCUT2D eigenvalue weighted by molar-refractivity contribution is 8.55. The molecule has 1 nitrogen and oxygen atoms in total. The molecule has 0 aromatic carbocycles. The Kier molecular flexibility index (Phi) is 3.96. The van der Waals surface area contributed by atoms with Crippen LogP contribution in [0, 0.1) is 0 Å². The van der Waals surface area contributed by atoms with Crippen LogP contribution in [-0.2, 0) is 4.74 Å². The molecule has 0 unspecified atom stereocenters. The van der Waals surface area contributed by atoms with Crippen molar-refractivity contribution < 1.29 is 4.74 Å². The smallest absolute Gasteiger partial charge is 0.0957 e. The van der Waals surface area contributed by atoms with Gasteiger partial charge in [0, 0.05) is 7.11 Å². The summed E-state index contributed by atoms with van der Waals surface area (Å²) in [5.74, 6) is 0.908. The van der Waals surface area contributed by atoms with Gasteiger partial charge in [-0.05, 0) is 32.3 Å². The monoisotopic (exact) mass is 164 g/mol. The van der Waals surface area contributed by atoms with Crippen molar-refractivity contribution in [1.29, 1.82) is 0 Å². The van der Waals surface area contributed by atoms with Gasteiger partial charge in [0.15, 0.2) is 0 Å². The van der Waals surface area contributed by atoms with Gasteiger partial charge in [-0.25, -0.2) is 0 Å². The van der Waals surface area contributed by atoms with Crippen LogP contribution in [-0.4, -0.2) is 25.4 Å². The molecule has 0 atom stereocenters. The fourth-order valence-corrected chi connectivity index (χ4v) is 5.15. The Labute approximate surface area is 62.0 Å². The fraction of sp³-hybridized carbons (Fsp3) is 1.00. The van der Waals surface area contributed by atoms with Crippen LogP contribution in [0.4, 0.5) is 0 Å². The number of hydrogen-bond acceptors (Lipinski definition) is 2. The SMILES string of the molecule is COCSP1CCCC1. The summed E-state index contributed by atoms with van der Waals surface area (Å²) in [6.07, 6.45) is 5.87. The minimum atomic E-state index is 0.341. The lowest BCUT2D eigenvalue weighted by Gasteiger charge is -2.06.